The quantitative estimate of drug-likeness (QED) is 0.592. The van der Waals surface area contributed by atoms with Gasteiger partial charge >= 0.3 is 0 Å². The van der Waals surface area contributed by atoms with Gasteiger partial charge in [-0.15, -0.1) is 0 Å². The SMILES string of the molecule is [Si]NCc1ccccc1. The Morgan fingerprint density at radius 2 is 1.89 bits per heavy atom. The van der Waals surface area contributed by atoms with Crippen LogP contribution in [0.25, 0.3) is 0 Å². The first-order valence-corrected chi connectivity index (χ1v) is 3.37. The second-order valence-corrected chi connectivity index (χ2v) is 2.19. The lowest BCUT2D eigenvalue weighted by Crippen LogP contribution is -2.06. The van der Waals surface area contributed by atoms with Crippen LogP contribution in [0.5, 0.6) is 0 Å². The molecule has 1 aromatic carbocycles. The van der Waals surface area contributed by atoms with E-state index in [0.29, 0.717) is 0 Å². The predicted molar refractivity (Wildman–Crippen MR) is 39.0 cm³/mol. The molecule has 45 valence electrons. The smallest absolute Gasteiger partial charge is 0.140 e. The molecule has 1 nitrogen and oxygen atoms in total. The van der Waals surface area contributed by atoms with Gasteiger partial charge in [-0.05, 0) is 5.56 Å². The van der Waals surface area contributed by atoms with Crippen molar-refractivity contribution in [3.05, 3.63) is 35.9 Å². The van der Waals surface area contributed by atoms with Crippen molar-refractivity contribution >= 4 is 10.4 Å². The Bertz CT molecular complexity index is 162. The highest BCUT2D eigenvalue weighted by Gasteiger charge is 1.83. The summed E-state index contributed by atoms with van der Waals surface area (Å²) in [6.07, 6.45) is 0. The van der Waals surface area contributed by atoms with E-state index in [0.717, 1.165) is 6.54 Å². The molecule has 0 unspecified atom stereocenters. The van der Waals surface area contributed by atoms with E-state index >= 15 is 0 Å². The molecule has 0 amide bonds. The second kappa shape index (κ2) is 3.43. The molecule has 0 fully saturated rings. The van der Waals surface area contributed by atoms with Crippen molar-refractivity contribution in [3.8, 4) is 0 Å². The highest BCUT2D eigenvalue weighted by atomic mass is 28.2. The standard InChI is InChI=1S/C7H8NSi/c9-8-6-7-4-2-1-3-5-7/h1-5,8H,6H2. The lowest BCUT2D eigenvalue weighted by atomic mass is 10.2. The van der Waals surface area contributed by atoms with Crippen molar-refractivity contribution in [1.29, 1.82) is 0 Å². The summed E-state index contributed by atoms with van der Waals surface area (Å²) in [7, 11) is 3.18. The number of rotatable bonds is 2. The summed E-state index contributed by atoms with van der Waals surface area (Å²) in [5.41, 5.74) is 1.28. The predicted octanol–water partition coefficient (Wildman–Crippen LogP) is 0.860. The molecule has 9 heavy (non-hydrogen) atoms. The largest absolute Gasteiger partial charge is 0.337 e. The first-order chi connectivity index (χ1) is 4.43. The summed E-state index contributed by atoms with van der Waals surface area (Å²) in [5.74, 6) is 0. The van der Waals surface area contributed by atoms with Gasteiger partial charge in [0.2, 0.25) is 0 Å². The van der Waals surface area contributed by atoms with Gasteiger partial charge in [0.25, 0.3) is 0 Å². The fourth-order valence-electron chi connectivity index (χ4n) is 0.698. The maximum absolute atomic E-state index is 3.18. The third-order valence-corrected chi connectivity index (χ3v) is 1.31. The van der Waals surface area contributed by atoms with Crippen molar-refractivity contribution in [3.63, 3.8) is 0 Å². The molecular weight excluding hydrogens is 126 g/mol. The van der Waals surface area contributed by atoms with Gasteiger partial charge in [-0.2, -0.15) is 0 Å². The average Bonchev–Trinajstić information content (AvgIpc) is 1.91. The summed E-state index contributed by atoms with van der Waals surface area (Å²) in [5, 5.41) is 0. The van der Waals surface area contributed by atoms with E-state index in [1.165, 1.54) is 5.56 Å². The van der Waals surface area contributed by atoms with E-state index in [2.05, 4.69) is 27.5 Å². The van der Waals surface area contributed by atoms with Crippen LogP contribution < -0.4 is 4.98 Å². The Balaban J connectivity index is 2.61. The van der Waals surface area contributed by atoms with E-state index in [9.17, 15) is 0 Å². The molecule has 0 atom stereocenters. The Morgan fingerprint density at radius 3 is 2.44 bits per heavy atom. The highest BCUT2D eigenvalue weighted by molar-refractivity contribution is 6.04. The zero-order valence-electron chi connectivity index (χ0n) is 5.09. The van der Waals surface area contributed by atoms with Crippen molar-refractivity contribution < 1.29 is 0 Å². The summed E-state index contributed by atoms with van der Waals surface area (Å²) >= 11 is 0. The fourth-order valence-corrected chi connectivity index (χ4v) is 0.902. The van der Waals surface area contributed by atoms with Crippen LogP contribution in [0.4, 0.5) is 0 Å². The minimum Gasteiger partial charge on any atom is -0.337 e. The third-order valence-electron chi connectivity index (χ3n) is 1.14. The Hall–Kier alpha value is -0.603. The Morgan fingerprint density at radius 1 is 1.22 bits per heavy atom. The molecule has 0 saturated heterocycles. The van der Waals surface area contributed by atoms with Gasteiger partial charge in [-0.25, -0.2) is 0 Å². The molecule has 0 aliphatic heterocycles. The molecule has 3 radical (unpaired) electrons. The number of benzene rings is 1. The van der Waals surface area contributed by atoms with Gasteiger partial charge < -0.3 is 4.98 Å². The minimum absolute atomic E-state index is 0.873. The van der Waals surface area contributed by atoms with Gasteiger partial charge in [0.15, 0.2) is 0 Å². The molecule has 0 aliphatic rings. The Labute approximate surface area is 58.6 Å². The van der Waals surface area contributed by atoms with Crippen LogP contribution in [0.15, 0.2) is 30.3 Å². The minimum atomic E-state index is 0.873. The molecule has 1 aromatic rings. The maximum Gasteiger partial charge on any atom is 0.140 e. The Kier molecular flexibility index (Phi) is 2.48. The highest BCUT2D eigenvalue weighted by Crippen LogP contribution is 1.95. The molecular formula is C7H8NSi. The fraction of sp³-hybridized carbons (Fsp3) is 0.143. The normalized spacial score (nSPS) is 9.44. The van der Waals surface area contributed by atoms with Gasteiger partial charge in [0.1, 0.15) is 10.4 Å². The zero-order valence-corrected chi connectivity index (χ0v) is 6.09. The average molecular weight is 134 g/mol. The lowest BCUT2D eigenvalue weighted by molar-refractivity contribution is 0.962. The summed E-state index contributed by atoms with van der Waals surface area (Å²) < 4.78 is 0. The summed E-state index contributed by atoms with van der Waals surface area (Å²) in [6.45, 7) is 0.873. The second-order valence-electron chi connectivity index (χ2n) is 1.84. The molecule has 2 heteroatoms. The van der Waals surface area contributed by atoms with Crippen molar-refractivity contribution in [2.45, 2.75) is 6.54 Å². The van der Waals surface area contributed by atoms with Gasteiger partial charge in [0, 0.05) is 6.54 Å². The lowest BCUT2D eigenvalue weighted by Gasteiger charge is -1.95. The van der Waals surface area contributed by atoms with Crippen molar-refractivity contribution in [2.24, 2.45) is 0 Å². The molecule has 0 aliphatic carbocycles. The first-order valence-electron chi connectivity index (χ1n) is 2.87. The monoisotopic (exact) mass is 134 g/mol. The first kappa shape index (κ1) is 6.52. The van der Waals surface area contributed by atoms with Gasteiger partial charge in [-0.3, -0.25) is 0 Å². The third kappa shape index (κ3) is 1.99. The maximum atomic E-state index is 3.18. The molecule has 0 aromatic heterocycles. The van der Waals surface area contributed by atoms with Gasteiger partial charge in [-0.1, -0.05) is 30.3 Å². The van der Waals surface area contributed by atoms with Crippen LogP contribution in [0.3, 0.4) is 0 Å². The van der Waals surface area contributed by atoms with E-state index < -0.39 is 0 Å². The van der Waals surface area contributed by atoms with E-state index in [4.69, 9.17) is 0 Å². The van der Waals surface area contributed by atoms with Crippen LogP contribution >= 0.6 is 0 Å². The van der Waals surface area contributed by atoms with E-state index in [-0.39, 0.29) is 0 Å². The molecule has 1 rings (SSSR count). The molecule has 0 heterocycles. The van der Waals surface area contributed by atoms with Crippen LogP contribution in [0.2, 0.25) is 0 Å². The number of nitrogens with one attached hydrogen (secondary N) is 1. The van der Waals surface area contributed by atoms with Crippen molar-refractivity contribution in [1.82, 2.24) is 4.98 Å². The molecule has 0 saturated carbocycles. The van der Waals surface area contributed by atoms with E-state index in [1.54, 1.807) is 0 Å². The van der Waals surface area contributed by atoms with E-state index in [1.807, 2.05) is 18.2 Å². The van der Waals surface area contributed by atoms with Crippen LogP contribution in [-0.2, 0) is 6.54 Å². The number of hydrogen-bond acceptors (Lipinski definition) is 1. The molecule has 0 bridgehead atoms. The topological polar surface area (TPSA) is 12.0 Å². The zero-order chi connectivity index (χ0) is 6.53. The molecule has 0 spiro atoms. The van der Waals surface area contributed by atoms with Crippen molar-refractivity contribution in [2.75, 3.05) is 0 Å². The van der Waals surface area contributed by atoms with Crippen LogP contribution in [0, 0.1) is 0 Å². The summed E-state index contributed by atoms with van der Waals surface area (Å²) in [6, 6.07) is 10.2. The number of hydrogen-bond donors (Lipinski definition) is 1. The summed E-state index contributed by atoms with van der Waals surface area (Å²) in [4.78, 5) is 2.89. The van der Waals surface area contributed by atoms with Crippen LogP contribution in [0.1, 0.15) is 5.56 Å². The van der Waals surface area contributed by atoms with Gasteiger partial charge in [0.05, 0.1) is 0 Å². The van der Waals surface area contributed by atoms with Crippen LogP contribution in [-0.4, -0.2) is 10.4 Å². The molecule has 1 N–H and O–H groups in total.